The lowest BCUT2D eigenvalue weighted by Crippen LogP contribution is -2.28. The molecule has 1 amide bonds. The zero-order valence-corrected chi connectivity index (χ0v) is 18.6. The lowest BCUT2D eigenvalue weighted by Gasteiger charge is -2.10. The predicted molar refractivity (Wildman–Crippen MR) is 125 cm³/mol. The van der Waals surface area contributed by atoms with E-state index in [1.807, 2.05) is 30.3 Å². The smallest absolute Gasteiger partial charge is 0.224 e. The van der Waals surface area contributed by atoms with Crippen LogP contribution < -0.4 is 5.32 Å². The van der Waals surface area contributed by atoms with Gasteiger partial charge in [-0.2, -0.15) is 0 Å². The highest BCUT2D eigenvalue weighted by Gasteiger charge is 2.11. The van der Waals surface area contributed by atoms with Gasteiger partial charge in [0.1, 0.15) is 5.82 Å². The summed E-state index contributed by atoms with van der Waals surface area (Å²) in [4.78, 5) is 17.1. The molecule has 0 aliphatic heterocycles. The van der Waals surface area contributed by atoms with Gasteiger partial charge in [-0.1, -0.05) is 74.9 Å². The summed E-state index contributed by atoms with van der Waals surface area (Å²) in [5.74, 6) is 1.08. The van der Waals surface area contributed by atoms with Crippen LogP contribution in [0.3, 0.4) is 0 Å². The van der Waals surface area contributed by atoms with E-state index in [-0.39, 0.29) is 5.91 Å². The first-order valence-corrected chi connectivity index (χ1v) is 11.5. The molecule has 1 heterocycles. The summed E-state index contributed by atoms with van der Waals surface area (Å²) in [5.41, 5.74) is 3.19. The van der Waals surface area contributed by atoms with Crippen LogP contribution in [0.5, 0.6) is 0 Å². The second-order valence-electron chi connectivity index (χ2n) is 7.84. The fourth-order valence-electron chi connectivity index (χ4n) is 3.78. The Kier molecular flexibility index (Phi) is 8.76. The molecule has 0 atom stereocenters. The number of amides is 1. The van der Waals surface area contributed by atoms with Crippen LogP contribution in [-0.2, 0) is 24.2 Å². The van der Waals surface area contributed by atoms with Crippen molar-refractivity contribution in [2.24, 2.45) is 0 Å². The van der Waals surface area contributed by atoms with Crippen molar-refractivity contribution in [2.75, 3.05) is 6.54 Å². The van der Waals surface area contributed by atoms with Gasteiger partial charge >= 0.3 is 0 Å². The van der Waals surface area contributed by atoms with E-state index in [2.05, 4.69) is 35.0 Å². The number of para-hydroxylation sites is 2. The van der Waals surface area contributed by atoms with Gasteiger partial charge in [0.2, 0.25) is 5.91 Å². The average molecular weight is 426 g/mol. The van der Waals surface area contributed by atoms with Crippen molar-refractivity contribution in [1.82, 2.24) is 14.9 Å². The van der Waals surface area contributed by atoms with Crippen molar-refractivity contribution in [3.05, 3.63) is 64.9 Å². The molecule has 1 aromatic heterocycles. The summed E-state index contributed by atoms with van der Waals surface area (Å²) >= 11 is 5.91. The Morgan fingerprint density at radius 3 is 2.53 bits per heavy atom. The van der Waals surface area contributed by atoms with Crippen molar-refractivity contribution >= 4 is 28.5 Å². The van der Waals surface area contributed by atoms with Crippen LogP contribution in [0.2, 0.25) is 5.02 Å². The van der Waals surface area contributed by atoms with Gasteiger partial charge in [0.15, 0.2) is 0 Å². The van der Waals surface area contributed by atoms with E-state index in [4.69, 9.17) is 16.6 Å². The highest BCUT2D eigenvalue weighted by molar-refractivity contribution is 6.30. The molecule has 2 aromatic carbocycles. The number of imidazole rings is 1. The third-order valence-electron chi connectivity index (χ3n) is 5.42. The minimum absolute atomic E-state index is 0.0240. The summed E-state index contributed by atoms with van der Waals surface area (Å²) < 4.78 is 2.33. The van der Waals surface area contributed by atoms with Crippen molar-refractivity contribution in [1.29, 1.82) is 0 Å². The molecule has 0 aliphatic rings. The molecule has 0 aliphatic carbocycles. The first-order valence-electron chi connectivity index (χ1n) is 11.1. The Bertz CT molecular complexity index is 933. The number of nitrogens with zero attached hydrogens (tertiary/aromatic N) is 2. The Hall–Kier alpha value is -2.33. The molecule has 0 saturated heterocycles. The predicted octanol–water partition coefficient (Wildman–Crippen LogP) is 5.95. The lowest BCUT2D eigenvalue weighted by molar-refractivity contribution is -0.120. The number of hydrogen-bond acceptors (Lipinski definition) is 2. The number of nitrogens with one attached hydrogen (secondary N) is 1. The normalized spacial score (nSPS) is 11.1. The number of fused-ring (bicyclic) bond motifs is 1. The second-order valence-corrected chi connectivity index (χ2v) is 8.28. The Morgan fingerprint density at radius 1 is 1.00 bits per heavy atom. The van der Waals surface area contributed by atoms with Crippen LogP contribution in [0.25, 0.3) is 11.0 Å². The number of carbonyl (C=O) groups excluding carboxylic acids is 1. The molecule has 0 unspecified atom stereocenters. The molecule has 0 bridgehead atoms. The van der Waals surface area contributed by atoms with Crippen LogP contribution >= 0.6 is 11.6 Å². The van der Waals surface area contributed by atoms with Gasteiger partial charge in [-0.25, -0.2) is 4.98 Å². The average Bonchev–Trinajstić information content (AvgIpc) is 3.10. The molecule has 1 N–H and O–H groups in total. The molecule has 3 aromatic rings. The van der Waals surface area contributed by atoms with Gasteiger partial charge in [-0.05, 0) is 36.2 Å². The largest absolute Gasteiger partial charge is 0.355 e. The van der Waals surface area contributed by atoms with Crippen molar-refractivity contribution < 1.29 is 4.79 Å². The zero-order chi connectivity index (χ0) is 21.2. The number of halogens is 1. The number of rotatable bonds is 12. The quantitative estimate of drug-likeness (QED) is 0.364. The van der Waals surface area contributed by atoms with E-state index in [9.17, 15) is 4.79 Å². The number of aromatic nitrogens is 2. The molecular formula is C25H32ClN3O. The van der Waals surface area contributed by atoms with Crippen LogP contribution in [0.1, 0.15) is 56.8 Å². The summed E-state index contributed by atoms with van der Waals surface area (Å²) in [5, 5.41) is 3.71. The third-order valence-corrected chi connectivity index (χ3v) is 5.67. The molecule has 30 heavy (non-hydrogen) atoms. The number of benzene rings is 2. The van der Waals surface area contributed by atoms with E-state index in [1.54, 1.807) is 0 Å². The first kappa shape index (κ1) is 22.4. The van der Waals surface area contributed by atoms with Crippen LogP contribution in [0, 0.1) is 0 Å². The molecule has 4 nitrogen and oxygen atoms in total. The fraction of sp³-hybridized carbons (Fsp3) is 0.440. The summed E-state index contributed by atoms with van der Waals surface area (Å²) in [6.45, 7) is 3.82. The van der Waals surface area contributed by atoms with E-state index in [0.29, 0.717) is 18.0 Å². The molecule has 3 rings (SSSR count). The third kappa shape index (κ3) is 6.60. The molecule has 0 saturated carbocycles. The van der Waals surface area contributed by atoms with Gasteiger partial charge in [0, 0.05) is 24.5 Å². The van der Waals surface area contributed by atoms with E-state index in [0.717, 1.165) is 29.9 Å². The van der Waals surface area contributed by atoms with Crippen LogP contribution in [0.15, 0.2) is 48.5 Å². The highest BCUT2D eigenvalue weighted by atomic mass is 35.5. The lowest BCUT2D eigenvalue weighted by atomic mass is 10.1. The first-order chi connectivity index (χ1) is 14.7. The monoisotopic (exact) mass is 425 g/mol. The number of unbranched alkanes of at least 4 members (excludes halogenated alkanes) is 5. The van der Waals surface area contributed by atoms with Gasteiger partial charge in [-0.3, -0.25) is 4.79 Å². The number of carbonyl (C=O) groups is 1. The zero-order valence-electron chi connectivity index (χ0n) is 17.9. The van der Waals surface area contributed by atoms with Gasteiger partial charge < -0.3 is 9.88 Å². The van der Waals surface area contributed by atoms with E-state index < -0.39 is 0 Å². The van der Waals surface area contributed by atoms with Crippen LogP contribution in [0.4, 0.5) is 0 Å². The standard InChI is InChI=1S/C25H32ClN3O/c1-2-3-4-5-6-9-18-29-23-11-8-7-10-22(23)28-24(29)16-17-27-25(30)19-20-12-14-21(26)15-13-20/h7-8,10-15H,2-6,9,16-19H2,1H3,(H,27,30). The molecule has 0 spiro atoms. The molecule has 0 fully saturated rings. The van der Waals surface area contributed by atoms with Crippen molar-refractivity contribution in [2.45, 2.75) is 64.8 Å². The molecular weight excluding hydrogens is 394 g/mol. The molecule has 5 heteroatoms. The van der Waals surface area contributed by atoms with Gasteiger partial charge in [0.25, 0.3) is 0 Å². The number of aryl methyl sites for hydroxylation is 1. The maximum absolute atomic E-state index is 12.3. The summed E-state index contributed by atoms with van der Waals surface area (Å²) in [6, 6.07) is 15.7. The highest BCUT2D eigenvalue weighted by Crippen LogP contribution is 2.18. The minimum atomic E-state index is 0.0240. The van der Waals surface area contributed by atoms with Crippen molar-refractivity contribution in [3.8, 4) is 0 Å². The molecule has 0 radical (unpaired) electrons. The topological polar surface area (TPSA) is 46.9 Å². The SMILES string of the molecule is CCCCCCCCn1c(CCNC(=O)Cc2ccc(Cl)cc2)nc2ccccc21. The van der Waals surface area contributed by atoms with Crippen molar-refractivity contribution in [3.63, 3.8) is 0 Å². The van der Waals surface area contributed by atoms with E-state index in [1.165, 1.54) is 44.0 Å². The number of hydrogen-bond donors (Lipinski definition) is 1. The molecule has 160 valence electrons. The van der Waals surface area contributed by atoms with Gasteiger partial charge in [0.05, 0.1) is 17.5 Å². The second kappa shape index (κ2) is 11.8. The van der Waals surface area contributed by atoms with Gasteiger partial charge in [-0.15, -0.1) is 0 Å². The minimum Gasteiger partial charge on any atom is -0.355 e. The maximum atomic E-state index is 12.3. The maximum Gasteiger partial charge on any atom is 0.224 e. The summed E-state index contributed by atoms with van der Waals surface area (Å²) in [6.07, 6.45) is 8.76. The summed E-state index contributed by atoms with van der Waals surface area (Å²) in [7, 11) is 0. The fourth-order valence-corrected chi connectivity index (χ4v) is 3.91. The van der Waals surface area contributed by atoms with Crippen LogP contribution in [-0.4, -0.2) is 22.0 Å². The van der Waals surface area contributed by atoms with E-state index >= 15 is 0 Å². The Morgan fingerprint density at radius 2 is 1.73 bits per heavy atom. The Balaban J connectivity index is 1.54. The Labute approximate surface area is 184 Å².